The zero-order chi connectivity index (χ0) is 39.5. The molecule has 1 aliphatic carbocycles. The minimum atomic E-state index is -0.988. The van der Waals surface area contributed by atoms with Crippen molar-refractivity contribution in [1.82, 2.24) is 34.5 Å². The summed E-state index contributed by atoms with van der Waals surface area (Å²) in [5.41, 5.74) is 4.86. The summed E-state index contributed by atoms with van der Waals surface area (Å²) in [7, 11) is 0. The van der Waals surface area contributed by atoms with E-state index in [-0.39, 0.29) is 29.8 Å². The monoisotopic (exact) mass is 770 g/mol. The average Bonchev–Trinajstić information content (AvgIpc) is 3.71. The number of amides is 2. The smallest absolute Gasteiger partial charge is 0.278 e. The lowest BCUT2D eigenvalue weighted by Crippen LogP contribution is -2.46. The molecule has 4 N–H and O–H groups in total. The predicted molar refractivity (Wildman–Crippen MR) is 221 cm³/mol. The largest absolute Gasteiger partial charge is 0.385 e. The topological polar surface area (TPSA) is 163 Å². The van der Waals surface area contributed by atoms with Crippen molar-refractivity contribution in [3.63, 3.8) is 0 Å². The van der Waals surface area contributed by atoms with Crippen LogP contribution in [0.3, 0.4) is 0 Å². The molecule has 3 aliphatic rings. The molecule has 1 unspecified atom stereocenters. The Bertz CT molecular complexity index is 2330. The summed E-state index contributed by atoms with van der Waals surface area (Å²) in [5.74, 6) is 0.217. The van der Waals surface area contributed by atoms with Crippen molar-refractivity contribution >= 4 is 45.9 Å². The van der Waals surface area contributed by atoms with Gasteiger partial charge in [-0.05, 0) is 98.7 Å². The number of unbranched alkanes of at least 4 members (excludes halogenated alkanes) is 1. The van der Waals surface area contributed by atoms with Crippen LogP contribution in [0.15, 0.2) is 84.3 Å². The maximum Gasteiger partial charge on any atom is 0.278 e. The van der Waals surface area contributed by atoms with Crippen LogP contribution in [0.1, 0.15) is 68.2 Å². The van der Waals surface area contributed by atoms with E-state index < -0.39 is 5.60 Å². The molecule has 2 aromatic carbocycles. The zero-order valence-electron chi connectivity index (χ0n) is 32.4. The Hall–Kier alpha value is -5.86. The number of pyridine rings is 1. The zero-order valence-corrected chi connectivity index (χ0v) is 32.4. The summed E-state index contributed by atoms with van der Waals surface area (Å²) in [6.07, 6.45) is 8.28. The Morgan fingerprint density at radius 1 is 0.947 bits per heavy atom. The number of allylic oxidation sites excluding steroid dienone is 1. The van der Waals surface area contributed by atoms with Crippen molar-refractivity contribution in [3.05, 3.63) is 107 Å². The van der Waals surface area contributed by atoms with Gasteiger partial charge in [-0.2, -0.15) is 4.98 Å². The van der Waals surface area contributed by atoms with E-state index in [4.69, 9.17) is 9.97 Å². The van der Waals surface area contributed by atoms with Crippen LogP contribution < -0.4 is 26.4 Å². The third-order valence-electron chi connectivity index (χ3n) is 11.6. The minimum absolute atomic E-state index is 0.191. The molecule has 0 saturated carbocycles. The van der Waals surface area contributed by atoms with Crippen LogP contribution in [0, 0.1) is 0 Å². The number of piperazine rings is 1. The van der Waals surface area contributed by atoms with Gasteiger partial charge in [0.05, 0.1) is 18.2 Å². The number of aliphatic hydroxyl groups is 1. The Labute approximate surface area is 331 Å². The first-order valence-electron chi connectivity index (χ1n) is 20.1. The van der Waals surface area contributed by atoms with Gasteiger partial charge < -0.3 is 20.6 Å². The maximum atomic E-state index is 13.5. The molecule has 8 rings (SSSR count). The van der Waals surface area contributed by atoms with E-state index in [1.54, 1.807) is 21.6 Å². The number of hydrogen-bond acceptors (Lipinski definition) is 11. The molecule has 5 heterocycles. The van der Waals surface area contributed by atoms with Crippen LogP contribution in [-0.4, -0.2) is 85.4 Å². The number of aryl methyl sites for hydroxylation is 1. The Kier molecular flexibility index (Phi) is 10.9. The third-order valence-corrected chi connectivity index (χ3v) is 11.6. The SMILES string of the molecule is C=CCn1c(=O)c2cnc(Nc3ccc(N4CCN(CCCCNc5ccc(C6CCC(=O)NC6=O)cc5)CC4)cc3)nc2n1-c1ccc2c(n1)[C@@](O)(CC)CC2. The van der Waals surface area contributed by atoms with Gasteiger partial charge in [0.25, 0.3) is 5.56 Å². The predicted octanol–water partition coefficient (Wildman–Crippen LogP) is 4.99. The number of benzene rings is 2. The number of anilines is 4. The summed E-state index contributed by atoms with van der Waals surface area (Å²) in [5, 5.41) is 20.9. The van der Waals surface area contributed by atoms with Crippen LogP contribution in [0.5, 0.6) is 0 Å². The normalized spacial score (nSPS) is 19.8. The Morgan fingerprint density at radius 2 is 1.72 bits per heavy atom. The van der Waals surface area contributed by atoms with Crippen molar-refractivity contribution in [2.45, 2.75) is 69.9 Å². The highest BCUT2D eigenvalue weighted by Crippen LogP contribution is 2.38. The van der Waals surface area contributed by atoms with E-state index in [1.807, 2.05) is 55.5 Å². The summed E-state index contributed by atoms with van der Waals surface area (Å²) < 4.78 is 3.25. The van der Waals surface area contributed by atoms with Crippen molar-refractivity contribution in [1.29, 1.82) is 0 Å². The molecule has 3 aromatic heterocycles. The molecule has 2 atom stereocenters. The highest BCUT2D eigenvalue weighted by molar-refractivity contribution is 6.01. The summed E-state index contributed by atoms with van der Waals surface area (Å²) in [6.45, 7) is 11.9. The van der Waals surface area contributed by atoms with Gasteiger partial charge >= 0.3 is 0 Å². The van der Waals surface area contributed by atoms with Crippen molar-refractivity contribution in [2.75, 3.05) is 54.8 Å². The van der Waals surface area contributed by atoms with Crippen molar-refractivity contribution in [2.24, 2.45) is 0 Å². The Balaban J connectivity index is 0.833. The fourth-order valence-electron chi connectivity index (χ4n) is 8.27. The lowest BCUT2D eigenvalue weighted by atomic mass is 9.90. The first-order valence-corrected chi connectivity index (χ1v) is 20.1. The highest BCUT2D eigenvalue weighted by Gasteiger charge is 2.37. The molecule has 2 saturated heterocycles. The molecule has 14 heteroatoms. The quantitative estimate of drug-likeness (QED) is 0.0685. The van der Waals surface area contributed by atoms with E-state index in [9.17, 15) is 19.5 Å². The summed E-state index contributed by atoms with van der Waals surface area (Å²) in [6, 6.07) is 20.1. The molecule has 0 spiro atoms. The second-order valence-corrected chi connectivity index (χ2v) is 15.2. The Morgan fingerprint density at radius 3 is 2.46 bits per heavy atom. The minimum Gasteiger partial charge on any atom is -0.385 e. The van der Waals surface area contributed by atoms with E-state index in [1.165, 1.54) is 0 Å². The van der Waals surface area contributed by atoms with Crippen molar-refractivity contribution < 1.29 is 14.7 Å². The second-order valence-electron chi connectivity index (χ2n) is 15.2. The van der Waals surface area contributed by atoms with E-state index in [0.29, 0.717) is 54.2 Å². The molecule has 2 aliphatic heterocycles. The molecule has 0 radical (unpaired) electrons. The second kappa shape index (κ2) is 16.3. The van der Waals surface area contributed by atoms with Crippen LogP contribution in [-0.2, 0) is 28.2 Å². The number of piperidine rings is 1. The van der Waals surface area contributed by atoms with Gasteiger partial charge in [0.2, 0.25) is 17.8 Å². The number of nitrogens with zero attached hydrogens (tertiary/aromatic N) is 7. The number of hydrogen-bond donors (Lipinski definition) is 4. The lowest BCUT2D eigenvalue weighted by molar-refractivity contribution is -0.134. The van der Waals surface area contributed by atoms with Gasteiger partial charge in [0, 0.05) is 62.4 Å². The number of fused-ring (bicyclic) bond motifs is 2. The average molecular weight is 771 g/mol. The first-order chi connectivity index (χ1) is 27.7. The fourth-order valence-corrected chi connectivity index (χ4v) is 8.27. The van der Waals surface area contributed by atoms with Crippen LogP contribution >= 0.6 is 0 Å². The number of nitrogens with one attached hydrogen (secondary N) is 3. The molecule has 5 aromatic rings. The van der Waals surface area contributed by atoms with Gasteiger partial charge in [0.1, 0.15) is 11.0 Å². The molecular weight excluding hydrogens is 721 g/mol. The highest BCUT2D eigenvalue weighted by atomic mass is 16.3. The van der Waals surface area contributed by atoms with E-state index in [0.717, 1.165) is 86.7 Å². The number of carbonyl (C=O) groups is 2. The van der Waals surface area contributed by atoms with Crippen LogP contribution in [0.2, 0.25) is 0 Å². The molecule has 0 bridgehead atoms. The third kappa shape index (κ3) is 7.92. The van der Waals surface area contributed by atoms with E-state index >= 15 is 0 Å². The van der Waals surface area contributed by atoms with E-state index in [2.05, 4.69) is 49.4 Å². The molecule has 2 fully saturated rings. The molecular formula is C43H50N10O4. The van der Waals surface area contributed by atoms with Gasteiger partial charge in [-0.3, -0.25) is 24.6 Å². The van der Waals surface area contributed by atoms with Gasteiger partial charge in [-0.15, -0.1) is 6.58 Å². The number of carbonyl (C=O) groups excluding carboxylic acids is 2. The first kappa shape index (κ1) is 38.0. The number of imide groups is 1. The van der Waals surface area contributed by atoms with Crippen LogP contribution in [0.25, 0.3) is 16.9 Å². The number of rotatable bonds is 14. The fraction of sp³-hybridized carbons (Fsp3) is 0.395. The number of aromatic nitrogens is 5. The van der Waals surface area contributed by atoms with Gasteiger partial charge in [0.15, 0.2) is 11.5 Å². The maximum absolute atomic E-state index is 13.5. The molecule has 2 amide bonds. The molecule has 296 valence electrons. The molecule has 14 nitrogen and oxygen atoms in total. The van der Waals surface area contributed by atoms with Crippen LogP contribution in [0.4, 0.5) is 23.0 Å². The lowest BCUT2D eigenvalue weighted by Gasteiger charge is -2.36. The summed E-state index contributed by atoms with van der Waals surface area (Å²) in [4.78, 5) is 56.2. The van der Waals surface area contributed by atoms with Crippen molar-refractivity contribution in [3.8, 4) is 5.82 Å². The van der Waals surface area contributed by atoms with Gasteiger partial charge in [-0.25, -0.2) is 19.3 Å². The van der Waals surface area contributed by atoms with Gasteiger partial charge in [-0.1, -0.05) is 31.2 Å². The molecule has 57 heavy (non-hydrogen) atoms. The summed E-state index contributed by atoms with van der Waals surface area (Å²) >= 11 is 0. The standard InChI is InChI=1S/C43H50N10O4/c1-3-22-52-41(56)35-28-45-42(49-39(35)53(52)36-17-9-30-19-20-43(57,4-2)38(30)47-36)46-32-12-14-33(15-13-32)51-26-24-50(25-27-51)23-6-5-21-44-31-10-7-29(8-11-31)34-16-18-37(54)48-40(34)55/h3,7-15,17,28,34,44,57H,1,4-6,16,18-27H2,2H3,(H,45,46,49)(H,48,54,55)/t34?,43-/m1/s1.